The van der Waals surface area contributed by atoms with Crippen LogP contribution in [-0.4, -0.2) is 36.0 Å². The van der Waals surface area contributed by atoms with Crippen LogP contribution < -0.4 is 0 Å². The van der Waals surface area contributed by atoms with Gasteiger partial charge in [0.25, 0.3) is 0 Å². The maximum absolute atomic E-state index is 10.7. The van der Waals surface area contributed by atoms with Gasteiger partial charge >= 0.3 is 0 Å². The maximum Gasteiger partial charge on any atom is 0.161 e. The molecule has 2 aliphatic rings. The molecule has 0 aromatic heterocycles. The quantitative estimate of drug-likeness (QED) is 0.431. The molecule has 0 aromatic carbocycles. The number of aliphatic hydroxyl groups excluding tert-OH is 1. The zero-order valence-electron chi connectivity index (χ0n) is 14.0. The van der Waals surface area contributed by atoms with Crippen LogP contribution in [-0.2, 0) is 9.47 Å². The van der Waals surface area contributed by atoms with Crippen LogP contribution in [0, 0.1) is 11.3 Å². The topological polar surface area (TPSA) is 38.7 Å². The fraction of sp³-hybridized carbons (Fsp3) is 0.778. The summed E-state index contributed by atoms with van der Waals surface area (Å²) in [5.74, 6) is 0.305. The van der Waals surface area contributed by atoms with Gasteiger partial charge in [0.05, 0.1) is 19.3 Å². The fourth-order valence-corrected chi connectivity index (χ4v) is 4.18. The Balaban J connectivity index is 2.14. The van der Waals surface area contributed by atoms with Crippen LogP contribution in [0.15, 0.2) is 23.3 Å². The standard InChI is InChI=1S/C18H29BrO3/c1-13-8-9-14(17-21-11-12-22-17)18(2,3)16(13)15(20)7-5-4-6-10-19/h5,7,14-15,17,20H,4,6,8-12H2,1-3H3/b7-5+. The second kappa shape index (κ2) is 8.09. The Morgan fingerprint density at radius 1 is 1.36 bits per heavy atom. The number of hydrogen-bond donors (Lipinski definition) is 1. The molecule has 126 valence electrons. The summed E-state index contributed by atoms with van der Waals surface area (Å²) in [5.41, 5.74) is 2.35. The number of ether oxygens (including phenoxy) is 2. The normalized spacial score (nSPS) is 27.8. The van der Waals surface area contributed by atoms with Gasteiger partial charge in [-0.15, -0.1) is 0 Å². The molecule has 0 spiro atoms. The molecular formula is C18H29BrO3. The molecule has 0 radical (unpaired) electrons. The Morgan fingerprint density at radius 3 is 2.68 bits per heavy atom. The van der Waals surface area contributed by atoms with Crippen molar-refractivity contribution >= 4 is 15.9 Å². The molecule has 0 aromatic rings. The summed E-state index contributed by atoms with van der Waals surface area (Å²) in [6.07, 6.45) is 7.57. The van der Waals surface area contributed by atoms with Gasteiger partial charge in [0.2, 0.25) is 0 Å². The smallest absolute Gasteiger partial charge is 0.161 e. The predicted molar refractivity (Wildman–Crippen MR) is 93.1 cm³/mol. The average Bonchev–Trinajstić information content (AvgIpc) is 2.96. The van der Waals surface area contributed by atoms with E-state index in [1.807, 2.05) is 6.08 Å². The van der Waals surface area contributed by atoms with Gasteiger partial charge in [-0.3, -0.25) is 0 Å². The third-order valence-electron chi connectivity index (χ3n) is 5.01. The van der Waals surface area contributed by atoms with Crippen molar-refractivity contribution in [2.24, 2.45) is 11.3 Å². The SMILES string of the molecule is CC1=C(C(O)/C=C/CCCBr)C(C)(C)C(C2OCCO2)CC1. The molecule has 2 rings (SSSR count). The van der Waals surface area contributed by atoms with Crippen LogP contribution in [0.5, 0.6) is 0 Å². The van der Waals surface area contributed by atoms with Gasteiger partial charge in [-0.1, -0.05) is 47.5 Å². The highest BCUT2D eigenvalue weighted by Crippen LogP contribution is 2.48. The lowest BCUT2D eigenvalue weighted by Gasteiger charge is -2.44. The summed E-state index contributed by atoms with van der Waals surface area (Å²) in [7, 11) is 0. The Morgan fingerprint density at radius 2 is 2.05 bits per heavy atom. The maximum atomic E-state index is 10.7. The van der Waals surface area contributed by atoms with Crippen molar-refractivity contribution < 1.29 is 14.6 Å². The van der Waals surface area contributed by atoms with Crippen LogP contribution in [0.2, 0.25) is 0 Å². The number of alkyl halides is 1. The van der Waals surface area contributed by atoms with Crippen molar-refractivity contribution in [1.82, 2.24) is 0 Å². The van der Waals surface area contributed by atoms with Crippen molar-refractivity contribution in [3.63, 3.8) is 0 Å². The van der Waals surface area contributed by atoms with Crippen molar-refractivity contribution in [3.8, 4) is 0 Å². The fourth-order valence-electron chi connectivity index (χ4n) is 3.85. The van der Waals surface area contributed by atoms with E-state index in [0.717, 1.165) is 36.6 Å². The molecule has 3 nitrogen and oxygen atoms in total. The van der Waals surface area contributed by atoms with E-state index < -0.39 is 6.10 Å². The second-order valence-electron chi connectivity index (χ2n) is 6.88. The Labute approximate surface area is 142 Å². The van der Waals surface area contributed by atoms with Gasteiger partial charge < -0.3 is 14.6 Å². The third-order valence-corrected chi connectivity index (χ3v) is 5.57. The summed E-state index contributed by atoms with van der Waals surface area (Å²) < 4.78 is 11.5. The molecule has 0 bridgehead atoms. The molecule has 1 fully saturated rings. The lowest BCUT2D eigenvalue weighted by atomic mass is 9.63. The van der Waals surface area contributed by atoms with E-state index in [0.29, 0.717) is 19.1 Å². The molecule has 0 amide bonds. The lowest BCUT2D eigenvalue weighted by Crippen LogP contribution is -2.42. The first-order valence-electron chi connectivity index (χ1n) is 8.32. The van der Waals surface area contributed by atoms with Gasteiger partial charge in [0.1, 0.15) is 0 Å². The molecular weight excluding hydrogens is 344 g/mol. The summed E-state index contributed by atoms with van der Waals surface area (Å²) in [4.78, 5) is 0. The first-order valence-corrected chi connectivity index (χ1v) is 9.44. The van der Waals surface area contributed by atoms with Crippen molar-refractivity contribution in [1.29, 1.82) is 0 Å². The molecule has 1 heterocycles. The number of hydrogen-bond acceptors (Lipinski definition) is 3. The van der Waals surface area contributed by atoms with Crippen molar-refractivity contribution in [3.05, 3.63) is 23.3 Å². The minimum Gasteiger partial charge on any atom is -0.385 e. The average molecular weight is 373 g/mol. The van der Waals surface area contributed by atoms with E-state index in [2.05, 4.69) is 42.8 Å². The van der Waals surface area contributed by atoms with Gasteiger partial charge in [-0.2, -0.15) is 0 Å². The van der Waals surface area contributed by atoms with Crippen LogP contribution in [0.4, 0.5) is 0 Å². The largest absolute Gasteiger partial charge is 0.385 e. The minimum atomic E-state index is -0.505. The molecule has 0 saturated carbocycles. The summed E-state index contributed by atoms with van der Waals surface area (Å²) in [6.45, 7) is 7.96. The number of allylic oxidation sites excluding steroid dienone is 2. The van der Waals surface area contributed by atoms with E-state index in [4.69, 9.17) is 9.47 Å². The van der Waals surface area contributed by atoms with Crippen LogP contribution in [0.1, 0.15) is 46.5 Å². The van der Waals surface area contributed by atoms with Crippen molar-refractivity contribution in [2.45, 2.75) is 58.8 Å². The molecule has 1 saturated heterocycles. The highest BCUT2D eigenvalue weighted by molar-refractivity contribution is 9.09. The van der Waals surface area contributed by atoms with Gasteiger partial charge in [0.15, 0.2) is 6.29 Å². The molecule has 4 heteroatoms. The highest BCUT2D eigenvalue weighted by atomic mass is 79.9. The van der Waals surface area contributed by atoms with Gasteiger partial charge in [0, 0.05) is 11.2 Å². The molecule has 1 aliphatic carbocycles. The van der Waals surface area contributed by atoms with Crippen LogP contribution in [0.25, 0.3) is 0 Å². The summed E-state index contributed by atoms with van der Waals surface area (Å²) >= 11 is 3.43. The Hall–Kier alpha value is -0.160. The first kappa shape index (κ1) is 18.2. The minimum absolute atomic E-state index is 0.115. The van der Waals surface area contributed by atoms with E-state index in [1.54, 1.807) is 0 Å². The zero-order chi connectivity index (χ0) is 16.2. The Bertz CT molecular complexity index is 422. The number of unbranched alkanes of at least 4 members (excludes halogenated alkanes) is 1. The molecule has 2 atom stereocenters. The lowest BCUT2D eigenvalue weighted by molar-refractivity contribution is -0.116. The van der Waals surface area contributed by atoms with E-state index in [1.165, 1.54) is 5.57 Å². The Kier molecular flexibility index (Phi) is 6.69. The molecule has 1 aliphatic heterocycles. The second-order valence-corrected chi connectivity index (χ2v) is 7.67. The summed E-state index contributed by atoms with van der Waals surface area (Å²) in [5, 5.41) is 11.7. The third kappa shape index (κ3) is 4.02. The number of halogens is 1. The van der Waals surface area contributed by atoms with E-state index in [9.17, 15) is 5.11 Å². The summed E-state index contributed by atoms with van der Waals surface area (Å²) in [6, 6.07) is 0. The van der Waals surface area contributed by atoms with E-state index >= 15 is 0 Å². The van der Waals surface area contributed by atoms with Crippen LogP contribution >= 0.6 is 15.9 Å². The predicted octanol–water partition coefficient (Wildman–Crippen LogP) is 4.20. The zero-order valence-corrected chi connectivity index (χ0v) is 15.6. The number of aliphatic hydroxyl groups is 1. The van der Waals surface area contributed by atoms with Crippen LogP contribution in [0.3, 0.4) is 0 Å². The molecule has 1 N–H and O–H groups in total. The van der Waals surface area contributed by atoms with Gasteiger partial charge in [-0.05, 0) is 43.6 Å². The monoisotopic (exact) mass is 372 g/mol. The molecule has 2 unspecified atom stereocenters. The molecule has 22 heavy (non-hydrogen) atoms. The van der Waals surface area contributed by atoms with E-state index in [-0.39, 0.29) is 11.7 Å². The number of rotatable bonds is 6. The van der Waals surface area contributed by atoms with Crippen molar-refractivity contribution in [2.75, 3.05) is 18.5 Å². The first-order chi connectivity index (χ1) is 10.5. The van der Waals surface area contributed by atoms with Gasteiger partial charge in [-0.25, -0.2) is 0 Å². The highest BCUT2D eigenvalue weighted by Gasteiger charge is 2.45.